The van der Waals surface area contributed by atoms with E-state index in [1.807, 2.05) is 19.1 Å². The van der Waals surface area contributed by atoms with Gasteiger partial charge in [-0.25, -0.2) is 9.97 Å². The van der Waals surface area contributed by atoms with Crippen LogP contribution >= 0.6 is 23.2 Å². The van der Waals surface area contributed by atoms with E-state index in [1.54, 1.807) is 24.4 Å². The highest BCUT2D eigenvalue weighted by Crippen LogP contribution is 2.27. The van der Waals surface area contributed by atoms with E-state index in [0.717, 1.165) is 55.6 Å². The molecular formula is C27H30Cl2N4O3. The van der Waals surface area contributed by atoms with Crippen LogP contribution in [0, 0.1) is 12.8 Å². The van der Waals surface area contributed by atoms with Crippen LogP contribution in [-0.4, -0.2) is 53.5 Å². The van der Waals surface area contributed by atoms with Crippen LogP contribution in [0.15, 0.2) is 42.6 Å². The van der Waals surface area contributed by atoms with Gasteiger partial charge in [0.1, 0.15) is 0 Å². The lowest BCUT2D eigenvalue weighted by atomic mass is 9.94. The third-order valence-electron chi connectivity index (χ3n) is 6.74. The summed E-state index contributed by atoms with van der Waals surface area (Å²) in [6.07, 6.45) is 4.18. The van der Waals surface area contributed by atoms with E-state index < -0.39 is 12.0 Å². The first-order valence-electron chi connectivity index (χ1n) is 12.1. The minimum absolute atomic E-state index is 0.00637. The van der Waals surface area contributed by atoms with Gasteiger partial charge in [-0.15, -0.1) is 0 Å². The molecule has 0 spiro atoms. The number of methoxy groups -OCH3 is 1. The number of esters is 1. The summed E-state index contributed by atoms with van der Waals surface area (Å²) in [5.41, 5.74) is 3.68. The summed E-state index contributed by atoms with van der Waals surface area (Å²) in [7, 11) is 1.33. The molecule has 0 saturated carbocycles. The van der Waals surface area contributed by atoms with Crippen molar-refractivity contribution in [1.82, 2.24) is 20.2 Å². The summed E-state index contributed by atoms with van der Waals surface area (Å²) in [4.78, 5) is 36.5. The molecule has 3 heterocycles. The van der Waals surface area contributed by atoms with Crippen molar-refractivity contribution in [3.63, 3.8) is 0 Å². The summed E-state index contributed by atoms with van der Waals surface area (Å²) < 4.78 is 4.83. The molecule has 1 aliphatic rings. The van der Waals surface area contributed by atoms with Crippen molar-refractivity contribution in [2.75, 3.05) is 26.7 Å². The zero-order valence-electron chi connectivity index (χ0n) is 20.5. The fourth-order valence-corrected chi connectivity index (χ4v) is 5.20. The number of amides is 1. The predicted molar refractivity (Wildman–Crippen MR) is 141 cm³/mol. The van der Waals surface area contributed by atoms with Crippen molar-refractivity contribution >= 4 is 46.1 Å². The molecule has 36 heavy (non-hydrogen) atoms. The Kier molecular flexibility index (Phi) is 8.77. The quantitative estimate of drug-likeness (QED) is 0.417. The molecule has 190 valence electrons. The third kappa shape index (κ3) is 6.72. The maximum atomic E-state index is 13.1. The smallest absolute Gasteiger partial charge is 0.307 e. The minimum Gasteiger partial charge on any atom is -0.469 e. The molecule has 0 aliphatic carbocycles. The van der Waals surface area contributed by atoms with E-state index in [1.165, 1.54) is 12.7 Å². The second-order valence-electron chi connectivity index (χ2n) is 9.19. The van der Waals surface area contributed by atoms with Gasteiger partial charge in [-0.05, 0) is 86.8 Å². The van der Waals surface area contributed by atoms with E-state index in [2.05, 4.69) is 26.3 Å². The van der Waals surface area contributed by atoms with Gasteiger partial charge in [-0.1, -0.05) is 23.2 Å². The first-order chi connectivity index (χ1) is 17.3. The van der Waals surface area contributed by atoms with Gasteiger partial charge in [0.15, 0.2) is 5.65 Å². The summed E-state index contributed by atoms with van der Waals surface area (Å²) in [6, 6.07) is 10.6. The van der Waals surface area contributed by atoms with Crippen molar-refractivity contribution in [2.24, 2.45) is 5.92 Å². The lowest BCUT2D eigenvalue weighted by Gasteiger charge is -2.32. The average molecular weight is 529 g/mol. The molecule has 7 nitrogen and oxygen atoms in total. The monoisotopic (exact) mass is 528 g/mol. The Morgan fingerprint density at radius 2 is 1.89 bits per heavy atom. The van der Waals surface area contributed by atoms with Crippen LogP contribution in [-0.2, 0) is 20.7 Å². The Labute approximate surface area is 221 Å². The number of hydrogen-bond donors (Lipinski definition) is 1. The number of aryl methyl sites for hydroxylation is 1. The molecule has 0 bridgehead atoms. The zero-order chi connectivity index (χ0) is 25.7. The molecule has 1 N–H and O–H groups in total. The van der Waals surface area contributed by atoms with Crippen LogP contribution < -0.4 is 5.32 Å². The second-order valence-corrected chi connectivity index (χ2v) is 10.1. The van der Waals surface area contributed by atoms with Gasteiger partial charge in [0.05, 0.1) is 19.6 Å². The number of aromatic nitrogens is 2. The van der Waals surface area contributed by atoms with Gasteiger partial charge in [-0.3, -0.25) is 9.59 Å². The Hall–Kier alpha value is -2.74. The lowest BCUT2D eigenvalue weighted by Crippen LogP contribution is -2.42. The third-order valence-corrected chi connectivity index (χ3v) is 7.18. The summed E-state index contributed by atoms with van der Waals surface area (Å²) in [6.45, 7) is 4.61. The first-order valence-corrected chi connectivity index (χ1v) is 12.8. The Morgan fingerprint density at radius 3 is 2.58 bits per heavy atom. The molecular weight excluding hydrogens is 499 g/mol. The van der Waals surface area contributed by atoms with E-state index in [4.69, 9.17) is 27.9 Å². The molecule has 2 aromatic heterocycles. The van der Waals surface area contributed by atoms with Gasteiger partial charge in [-0.2, -0.15) is 0 Å². The molecule has 1 saturated heterocycles. The van der Waals surface area contributed by atoms with Crippen LogP contribution in [0.25, 0.3) is 11.0 Å². The highest BCUT2D eigenvalue weighted by molar-refractivity contribution is 6.34. The topological polar surface area (TPSA) is 84.4 Å². The molecule has 4 rings (SSSR count). The number of piperidine rings is 1. The van der Waals surface area contributed by atoms with Gasteiger partial charge in [0.2, 0.25) is 5.91 Å². The summed E-state index contributed by atoms with van der Waals surface area (Å²) in [5, 5.41) is 4.98. The predicted octanol–water partition coefficient (Wildman–Crippen LogP) is 4.92. The van der Waals surface area contributed by atoms with E-state index >= 15 is 0 Å². The number of ether oxygens (including phenoxy) is 1. The van der Waals surface area contributed by atoms with Crippen molar-refractivity contribution in [1.29, 1.82) is 0 Å². The van der Waals surface area contributed by atoms with Crippen LogP contribution in [0.4, 0.5) is 0 Å². The molecule has 1 aromatic carbocycles. The number of fused-ring (bicyclic) bond motifs is 1. The van der Waals surface area contributed by atoms with E-state index in [-0.39, 0.29) is 18.2 Å². The molecule has 1 aliphatic heterocycles. The van der Waals surface area contributed by atoms with Crippen LogP contribution in [0.1, 0.15) is 42.1 Å². The summed E-state index contributed by atoms with van der Waals surface area (Å²) >= 11 is 12.3. The number of pyridine rings is 2. The first kappa shape index (κ1) is 26.3. The van der Waals surface area contributed by atoms with Crippen molar-refractivity contribution in [3.8, 4) is 0 Å². The zero-order valence-corrected chi connectivity index (χ0v) is 22.0. The number of carbonyl (C=O) groups is 2. The van der Waals surface area contributed by atoms with Crippen LogP contribution in [0.3, 0.4) is 0 Å². The molecule has 1 fully saturated rings. The molecule has 1 atom stereocenters. The van der Waals surface area contributed by atoms with Crippen molar-refractivity contribution in [2.45, 2.75) is 38.6 Å². The lowest BCUT2D eigenvalue weighted by molar-refractivity contribution is -0.141. The van der Waals surface area contributed by atoms with Gasteiger partial charge >= 0.3 is 5.97 Å². The normalized spacial score (nSPS) is 15.6. The SMILES string of the molecule is COC(=O)C[C@H](NC(=O)C1CCN(CCc2cc3cccnc3nc2C)CC1)c1cc(Cl)cc(Cl)c1. The van der Waals surface area contributed by atoms with E-state index in [9.17, 15) is 9.59 Å². The Balaban J connectivity index is 1.33. The highest BCUT2D eigenvalue weighted by Gasteiger charge is 2.28. The number of rotatable bonds is 8. The largest absolute Gasteiger partial charge is 0.469 e. The van der Waals surface area contributed by atoms with Gasteiger partial charge in [0.25, 0.3) is 0 Å². The molecule has 3 aromatic rings. The number of carbonyl (C=O) groups excluding carboxylic acids is 2. The van der Waals surface area contributed by atoms with Crippen molar-refractivity contribution in [3.05, 3.63) is 69.5 Å². The second kappa shape index (κ2) is 12.0. The maximum absolute atomic E-state index is 13.1. The Morgan fingerprint density at radius 1 is 1.17 bits per heavy atom. The van der Waals surface area contributed by atoms with Gasteiger partial charge < -0.3 is 15.0 Å². The summed E-state index contributed by atoms with van der Waals surface area (Å²) in [5.74, 6) is -0.603. The number of likely N-dealkylation sites (tertiary alicyclic amines) is 1. The average Bonchev–Trinajstić information content (AvgIpc) is 2.86. The fraction of sp³-hybridized carbons (Fsp3) is 0.407. The minimum atomic E-state index is -0.558. The number of hydrogen-bond acceptors (Lipinski definition) is 6. The highest BCUT2D eigenvalue weighted by atomic mass is 35.5. The molecule has 1 amide bonds. The molecule has 0 unspecified atom stereocenters. The number of nitrogens with zero attached hydrogens (tertiary/aromatic N) is 3. The standard InChI is InChI=1S/C27H30Cl2N4O3/c1-17-19(12-20-4-3-8-30-26(20)31-17)7-11-33-9-5-18(6-10-33)27(35)32-24(16-25(34)36-2)21-13-22(28)15-23(29)14-21/h3-4,8,12-15,18,24H,5-7,9-11,16H2,1-2H3,(H,32,35)/t24-/m0/s1. The van der Waals surface area contributed by atoms with Crippen molar-refractivity contribution < 1.29 is 14.3 Å². The van der Waals surface area contributed by atoms with E-state index in [0.29, 0.717) is 15.6 Å². The number of nitrogens with one attached hydrogen (secondary N) is 1. The molecule has 0 radical (unpaired) electrons. The number of benzene rings is 1. The Bertz CT molecular complexity index is 1220. The fourth-order valence-electron chi connectivity index (χ4n) is 4.66. The van der Waals surface area contributed by atoms with Crippen LogP contribution in [0.2, 0.25) is 10.0 Å². The number of halogens is 2. The maximum Gasteiger partial charge on any atom is 0.307 e. The molecule has 9 heteroatoms. The van der Waals surface area contributed by atoms with Gasteiger partial charge in [0, 0.05) is 39.8 Å². The van der Waals surface area contributed by atoms with Crippen LogP contribution in [0.5, 0.6) is 0 Å².